The second-order valence-corrected chi connectivity index (χ2v) is 5.76. The molecule has 0 aliphatic heterocycles. The number of alkyl halides is 3. The second kappa shape index (κ2) is 9.45. The number of aliphatic hydroxyl groups excluding tert-OH is 2. The van der Waals surface area contributed by atoms with Crippen LogP contribution in [0.25, 0.3) is 0 Å². The molecule has 7 heteroatoms. The van der Waals surface area contributed by atoms with Gasteiger partial charge in [0.2, 0.25) is 0 Å². The molecule has 0 bridgehead atoms. The topological polar surface area (TPSA) is 58.9 Å². The number of halogens is 3. The van der Waals surface area contributed by atoms with E-state index in [9.17, 15) is 13.2 Å². The van der Waals surface area contributed by atoms with Crippen LogP contribution in [0.2, 0.25) is 0 Å². The van der Waals surface area contributed by atoms with Crippen LogP contribution in [0, 0.1) is 0 Å². The summed E-state index contributed by atoms with van der Waals surface area (Å²) < 4.78 is 47.1. The van der Waals surface area contributed by atoms with Crippen LogP contribution < -0.4 is 9.47 Å². The molecule has 0 heterocycles. The molecule has 142 valence electrons. The van der Waals surface area contributed by atoms with Crippen molar-refractivity contribution in [2.75, 3.05) is 19.8 Å². The van der Waals surface area contributed by atoms with Crippen LogP contribution in [0.1, 0.15) is 17.5 Å². The van der Waals surface area contributed by atoms with Crippen molar-refractivity contribution in [3.05, 3.63) is 59.7 Å². The molecule has 2 aromatic carbocycles. The Morgan fingerprint density at radius 1 is 0.846 bits per heavy atom. The van der Waals surface area contributed by atoms with Crippen molar-refractivity contribution in [2.45, 2.75) is 25.1 Å². The number of hydrogen-bond donors (Lipinski definition) is 2. The van der Waals surface area contributed by atoms with Crippen molar-refractivity contribution < 1.29 is 32.9 Å². The minimum atomic E-state index is -4.69. The molecule has 0 spiro atoms. The van der Waals surface area contributed by atoms with Gasteiger partial charge in [0.25, 0.3) is 0 Å². The van der Waals surface area contributed by atoms with Gasteiger partial charge in [-0.05, 0) is 41.8 Å². The fourth-order valence-corrected chi connectivity index (χ4v) is 2.17. The summed E-state index contributed by atoms with van der Waals surface area (Å²) in [4.78, 5) is 0. The van der Waals surface area contributed by atoms with Crippen molar-refractivity contribution in [3.63, 3.8) is 0 Å². The van der Waals surface area contributed by atoms with E-state index >= 15 is 0 Å². The van der Waals surface area contributed by atoms with Gasteiger partial charge in [-0.25, -0.2) is 0 Å². The summed E-state index contributed by atoms with van der Waals surface area (Å²) in [5.41, 5.74) is 2.03. The Hall–Kier alpha value is -2.25. The maximum Gasteiger partial charge on any atom is 0.417 e. The van der Waals surface area contributed by atoms with Gasteiger partial charge in [0, 0.05) is 13.0 Å². The summed E-state index contributed by atoms with van der Waals surface area (Å²) in [6, 6.07) is 14.2. The Kier molecular flexibility index (Phi) is 7.29. The fourth-order valence-electron chi connectivity index (χ4n) is 2.17. The maximum absolute atomic E-state index is 12.2. The van der Waals surface area contributed by atoms with Gasteiger partial charge >= 0.3 is 6.18 Å². The Labute approximate surface area is 149 Å². The summed E-state index contributed by atoms with van der Waals surface area (Å²) in [7, 11) is 0. The summed E-state index contributed by atoms with van der Waals surface area (Å²) >= 11 is 0. The highest BCUT2D eigenvalue weighted by atomic mass is 19.4. The van der Waals surface area contributed by atoms with E-state index in [-0.39, 0.29) is 12.4 Å². The van der Waals surface area contributed by atoms with Gasteiger partial charge in [0.05, 0.1) is 6.61 Å². The van der Waals surface area contributed by atoms with E-state index < -0.39 is 18.9 Å². The van der Waals surface area contributed by atoms with Crippen molar-refractivity contribution in [2.24, 2.45) is 0 Å². The third-order valence-corrected chi connectivity index (χ3v) is 3.61. The normalized spacial score (nSPS) is 12.7. The second-order valence-electron chi connectivity index (χ2n) is 5.76. The van der Waals surface area contributed by atoms with E-state index in [1.807, 2.05) is 24.3 Å². The molecule has 0 aliphatic carbocycles. The third kappa shape index (κ3) is 6.57. The molecular formula is C19H21F3O4. The minimum Gasteiger partial charge on any atom is -0.494 e. The van der Waals surface area contributed by atoms with Crippen molar-refractivity contribution >= 4 is 0 Å². The first-order valence-corrected chi connectivity index (χ1v) is 8.17. The molecule has 0 fully saturated rings. The Morgan fingerprint density at radius 3 is 1.81 bits per heavy atom. The summed E-state index contributed by atoms with van der Waals surface area (Å²) in [5, 5.41) is 17.6. The number of aliphatic hydroxyl groups is 2. The zero-order valence-electron chi connectivity index (χ0n) is 14.1. The zero-order chi connectivity index (χ0) is 19.0. The molecule has 4 nitrogen and oxygen atoms in total. The minimum absolute atomic E-state index is 0.0902. The summed E-state index contributed by atoms with van der Waals surface area (Å²) in [6.07, 6.45) is -5.95. The molecule has 0 saturated heterocycles. The first kappa shape index (κ1) is 20.1. The molecule has 0 saturated carbocycles. The van der Waals surface area contributed by atoms with E-state index in [1.54, 1.807) is 24.3 Å². The number of ether oxygens (including phenoxy) is 2. The van der Waals surface area contributed by atoms with Crippen LogP contribution in [0.3, 0.4) is 0 Å². The lowest BCUT2D eigenvalue weighted by Crippen LogP contribution is -2.34. The summed E-state index contributed by atoms with van der Waals surface area (Å²) in [6.45, 7) is -0.284. The van der Waals surface area contributed by atoms with Gasteiger partial charge in [-0.3, -0.25) is 0 Å². The van der Waals surface area contributed by atoms with Gasteiger partial charge in [-0.15, -0.1) is 0 Å². The standard InChI is InChI=1S/C19H21F3O4/c20-19(21,22)18(24)13-26-17-8-4-15(5-9-17)12-14-2-6-16(7-3-14)25-11-1-10-23/h2-9,18,23-24H,1,10-13H2. The molecule has 0 amide bonds. The molecular weight excluding hydrogens is 349 g/mol. The third-order valence-electron chi connectivity index (χ3n) is 3.61. The Bertz CT molecular complexity index is 654. The Balaban J connectivity index is 1.85. The van der Waals surface area contributed by atoms with Crippen LogP contribution >= 0.6 is 0 Å². The van der Waals surface area contributed by atoms with Crippen LogP contribution in [0.5, 0.6) is 11.5 Å². The Morgan fingerprint density at radius 2 is 1.35 bits per heavy atom. The van der Waals surface area contributed by atoms with Crippen LogP contribution in [0.4, 0.5) is 13.2 Å². The molecule has 2 N–H and O–H groups in total. The van der Waals surface area contributed by atoms with Gasteiger partial charge in [0.1, 0.15) is 18.1 Å². The van der Waals surface area contributed by atoms with Gasteiger partial charge in [-0.1, -0.05) is 24.3 Å². The van der Waals surface area contributed by atoms with Crippen molar-refractivity contribution in [1.82, 2.24) is 0 Å². The largest absolute Gasteiger partial charge is 0.494 e. The highest BCUT2D eigenvalue weighted by molar-refractivity contribution is 5.34. The highest BCUT2D eigenvalue weighted by Crippen LogP contribution is 2.22. The van der Waals surface area contributed by atoms with Crippen LogP contribution in [-0.4, -0.2) is 42.3 Å². The van der Waals surface area contributed by atoms with E-state index in [4.69, 9.17) is 19.7 Å². The molecule has 2 aromatic rings. The van der Waals surface area contributed by atoms with Crippen LogP contribution in [0.15, 0.2) is 48.5 Å². The van der Waals surface area contributed by atoms with Gasteiger partial charge < -0.3 is 19.7 Å². The summed E-state index contributed by atoms with van der Waals surface area (Å²) in [5.74, 6) is 0.999. The quantitative estimate of drug-likeness (QED) is 0.665. The first-order chi connectivity index (χ1) is 12.4. The lowest BCUT2D eigenvalue weighted by atomic mass is 10.0. The van der Waals surface area contributed by atoms with Crippen molar-refractivity contribution in [1.29, 1.82) is 0 Å². The SMILES string of the molecule is OCCCOc1ccc(Cc2ccc(OCC(O)C(F)(F)F)cc2)cc1. The van der Waals surface area contributed by atoms with E-state index in [0.29, 0.717) is 19.4 Å². The molecule has 1 atom stereocenters. The van der Waals surface area contributed by atoms with Crippen molar-refractivity contribution in [3.8, 4) is 11.5 Å². The highest BCUT2D eigenvalue weighted by Gasteiger charge is 2.38. The van der Waals surface area contributed by atoms with Gasteiger partial charge in [-0.2, -0.15) is 13.2 Å². The molecule has 1 unspecified atom stereocenters. The molecule has 0 aliphatic rings. The van der Waals surface area contributed by atoms with E-state index in [2.05, 4.69) is 0 Å². The lowest BCUT2D eigenvalue weighted by molar-refractivity contribution is -0.210. The molecule has 2 rings (SSSR count). The van der Waals surface area contributed by atoms with E-state index in [0.717, 1.165) is 16.9 Å². The van der Waals surface area contributed by atoms with Gasteiger partial charge in [0.15, 0.2) is 6.10 Å². The number of hydrogen-bond acceptors (Lipinski definition) is 4. The lowest BCUT2D eigenvalue weighted by Gasteiger charge is -2.15. The van der Waals surface area contributed by atoms with Crippen LogP contribution in [-0.2, 0) is 6.42 Å². The maximum atomic E-state index is 12.2. The predicted octanol–water partition coefficient (Wildman–Crippen LogP) is 3.34. The number of benzene rings is 2. The average molecular weight is 370 g/mol. The van der Waals surface area contributed by atoms with E-state index in [1.165, 1.54) is 0 Å². The number of rotatable bonds is 9. The first-order valence-electron chi connectivity index (χ1n) is 8.17. The molecule has 0 aromatic heterocycles. The smallest absolute Gasteiger partial charge is 0.417 e. The predicted molar refractivity (Wildman–Crippen MR) is 90.4 cm³/mol. The fraction of sp³-hybridized carbons (Fsp3) is 0.368. The zero-order valence-corrected chi connectivity index (χ0v) is 14.1. The molecule has 0 radical (unpaired) electrons. The monoisotopic (exact) mass is 370 g/mol. The average Bonchev–Trinajstić information content (AvgIpc) is 2.62. The molecule has 26 heavy (non-hydrogen) atoms.